The van der Waals surface area contributed by atoms with E-state index >= 15 is 0 Å². The molecular formula is C25H32N6O4. The van der Waals surface area contributed by atoms with E-state index in [0.717, 1.165) is 42.9 Å². The molecule has 0 spiro atoms. The molecule has 0 aromatic carbocycles. The van der Waals surface area contributed by atoms with Crippen molar-refractivity contribution in [1.82, 2.24) is 25.0 Å². The maximum Gasteiger partial charge on any atom is 0.320 e. The van der Waals surface area contributed by atoms with Crippen LogP contribution in [0.2, 0.25) is 0 Å². The van der Waals surface area contributed by atoms with Crippen molar-refractivity contribution in [2.24, 2.45) is 0 Å². The molecule has 0 atom stereocenters. The van der Waals surface area contributed by atoms with Gasteiger partial charge >= 0.3 is 6.03 Å². The summed E-state index contributed by atoms with van der Waals surface area (Å²) < 4.78 is 13.3. The van der Waals surface area contributed by atoms with Crippen molar-refractivity contribution in [3.05, 3.63) is 43.0 Å². The molecule has 10 heteroatoms. The summed E-state index contributed by atoms with van der Waals surface area (Å²) in [6.45, 7) is 7.40. The number of pyridine rings is 2. The highest BCUT2D eigenvalue weighted by Gasteiger charge is 2.16. The Bertz CT molecular complexity index is 1180. The van der Waals surface area contributed by atoms with Crippen LogP contribution in [0.15, 0.2) is 43.0 Å². The molecule has 3 aromatic rings. The summed E-state index contributed by atoms with van der Waals surface area (Å²) >= 11 is 0. The molecule has 4 heterocycles. The lowest BCUT2D eigenvalue weighted by molar-refractivity contribution is -0.122. The highest BCUT2D eigenvalue weighted by atomic mass is 16.5. The fourth-order valence-corrected chi connectivity index (χ4v) is 3.78. The first-order chi connectivity index (χ1) is 16.7. The van der Waals surface area contributed by atoms with Gasteiger partial charge in [-0.25, -0.2) is 9.78 Å². The highest BCUT2D eigenvalue weighted by molar-refractivity contribution is 5.89. The van der Waals surface area contributed by atoms with Gasteiger partial charge in [0, 0.05) is 54.9 Å². The van der Waals surface area contributed by atoms with Crippen LogP contribution in [0.1, 0.15) is 40.0 Å². The van der Waals surface area contributed by atoms with Crippen LogP contribution in [-0.4, -0.2) is 57.7 Å². The third kappa shape index (κ3) is 7.16. The smallest absolute Gasteiger partial charge is 0.320 e. The molecule has 10 nitrogen and oxygen atoms in total. The standard InChI is InChI=1S/C25H32N6O4/c1-25(2,3)30-23(32)6-9-27-24(33)29-21-16-31-15-17(4-5-22(31)28-21)18-12-20(14-26-13-18)35-19-7-10-34-11-8-19/h4-5,12-16,19H,6-11H2,1-3H3,(H,30,32)(H2,27,29,33). The average Bonchev–Trinajstić information content (AvgIpc) is 3.20. The Morgan fingerprint density at radius 1 is 1.14 bits per heavy atom. The van der Waals surface area contributed by atoms with Crippen LogP contribution >= 0.6 is 0 Å². The van der Waals surface area contributed by atoms with Crippen molar-refractivity contribution >= 4 is 23.4 Å². The summed E-state index contributed by atoms with van der Waals surface area (Å²) in [6, 6.07) is 5.39. The molecule has 186 valence electrons. The van der Waals surface area contributed by atoms with Crippen LogP contribution < -0.4 is 20.7 Å². The van der Waals surface area contributed by atoms with E-state index in [4.69, 9.17) is 9.47 Å². The molecule has 3 N–H and O–H groups in total. The van der Waals surface area contributed by atoms with Crippen molar-refractivity contribution in [2.75, 3.05) is 25.1 Å². The minimum atomic E-state index is -0.417. The van der Waals surface area contributed by atoms with Crippen LogP contribution in [0.25, 0.3) is 16.8 Å². The first kappa shape index (κ1) is 24.5. The lowest BCUT2D eigenvalue weighted by Crippen LogP contribution is -2.42. The number of amides is 3. The molecule has 1 aliphatic heterocycles. The largest absolute Gasteiger partial charge is 0.489 e. The van der Waals surface area contributed by atoms with Gasteiger partial charge in [-0.1, -0.05) is 0 Å². The molecule has 0 unspecified atom stereocenters. The number of fused-ring (bicyclic) bond motifs is 1. The zero-order valence-electron chi connectivity index (χ0n) is 20.3. The van der Waals surface area contributed by atoms with Gasteiger partial charge in [-0.05, 0) is 39.0 Å². The fourth-order valence-electron chi connectivity index (χ4n) is 3.78. The number of rotatable bonds is 7. The van der Waals surface area contributed by atoms with Gasteiger partial charge in [0.05, 0.1) is 25.6 Å². The third-order valence-corrected chi connectivity index (χ3v) is 5.36. The molecule has 0 radical (unpaired) electrons. The van der Waals surface area contributed by atoms with E-state index in [1.807, 2.05) is 49.6 Å². The number of carbonyl (C=O) groups excluding carboxylic acids is 2. The van der Waals surface area contributed by atoms with Gasteiger partial charge in [-0.3, -0.25) is 15.1 Å². The molecule has 35 heavy (non-hydrogen) atoms. The van der Waals surface area contributed by atoms with Crippen LogP contribution in [0.3, 0.4) is 0 Å². The number of nitrogens with zero attached hydrogens (tertiary/aromatic N) is 3. The van der Waals surface area contributed by atoms with Gasteiger partial charge in [-0.2, -0.15) is 0 Å². The number of anilines is 1. The summed E-state index contributed by atoms with van der Waals surface area (Å²) in [6.07, 6.45) is 9.27. The normalized spacial score (nSPS) is 14.5. The fraction of sp³-hybridized carbons (Fsp3) is 0.440. The predicted octanol–water partition coefficient (Wildman–Crippen LogP) is 3.38. The molecule has 4 rings (SSSR count). The number of urea groups is 1. The van der Waals surface area contributed by atoms with E-state index in [-0.39, 0.29) is 30.5 Å². The van der Waals surface area contributed by atoms with Gasteiger partial charge < -0.3 is 24.5 Å². The minimum Gasteiger partial charge on any atom is -0.489 e. The lowest BCUT2D eigenvalue weighted by Gasteiger charge is -2.23. The summed E-state index contributed by atoms with van der Waals surface area (Å²) in [5.74, 6) is 1.03. The molecule has 0 saturated carbocycles. The molecule has 0 aliphatic carbocycles. The Hall–Kier alpha value is -3.66. The first-order valence-electron chi connectivity index (χ1n) is 11.8. The van der Waals surface area contributed by atoms with Gasteiger partial charge in [0.1, 0.15) is 17.5 Å². The van der Waals surface area contributed by atoms with Crippen molar-refractivity contribution in [1.29, 1.82) is 0 Å². The Morgan fingerprint density at radius 2 is 1.94 bits per heavy atom. The van der Waals surface area contributed by atoms with Gasteiger partial charge in [0.2, 0.25) is 5.91 Å². The number of imidazole rings is 1. The molecule has 1 fully saturated rings. The van der Waals surface area contributed by atoms with E-state index < -0.39 is 6.03 Å². The average molecular weight is 481 g/mol. The first-order valence-corrected chi connectivity index (χ1v) is 11.8. The summed E-state index contributed by atoms with van der Waals surface area (Å²) in [5.41, 5.74) is 2.26. The van der Waals surface area contributed by atoms with E-state index in [9.17, 15) is 9.59 Å². The summed E-state index contributed by atoms with van der Waals surface area (Å²) in [4.78, 5) is 32.9. The van der Waals surface area contributed by atoms with E-state index in [1.165, 1.54) is 0 Å². The quantitative estimate of drug-likeness (QED) is 0.477. The Kier molecular flexibility index (Phi) is 7.50. The maximum absolute atomic E-state index is 12.2. The Balaban J connectivity index is 1.35. The third-order valence-electron chi connectivity index (χ3n) is 5.36. The maximum atomic E-state index is 12.2. The number of ether oxygens (including phenoxy) is 2. The van der Waals surface area contributed by atoms with E-state index in [2.05, 4.69) is 25.9 Å². The van der Waals surface area contributed by atoms with Crippen LogP contribution in [-0.2, 0) is 9.53 Å². The van der Waals surface area contributed by atoms with Crippen molar-refractivity contribution in [2.45, 2.75) is 51.7 Å². The van der Waals surface area contributed by atoms with E-state index in [1.54, 1.807) is 18.6 Å². The number of carbonyl (C=O) groups is 2. The molecule has 3 amide bonds. The van der Waals surface area contributed by atoms with Crippen LogP contribution in [0.4, 0.5) is 10.6 Å². The minimum absolute atomic E-state index is 0.116. The SMILES string of the molecule is CC(C)(C)NC(=O)CCNC(=O)Nc1cn2cc(-c3cncc(OC4CCOCC4)c3)ccc2n1. The number of aromatic nitrogens is 3. The number of hydrogen-bond acceptors (Lipinski definition) is 6. The van der Waals surface area contributed by atoms with Gasteiger partial charge in [-0.15, -0.1) is 0 Å². The van der Waals surface area contributed by atoms with Crippen molar-refractivity contribution in [3.8, 4) is 16.9 Å². The second-order valence-corrected chi connectivity index (χ2v) is 9.58. The Morgan fingerprint density at radius 3 is 2.71 bits per heavy atom. The number of hydrogen-bond donors (Lipinski definition) is 3. The summed E-state index contributed by atoms with van der Waals surface area (Å²) in [7, 11) is 0. The molecule has 1 aliphatic rings. The summed E-state index contributed by atoms with van der Waals surface area (Å²) in [5, 5.41) is 8.25. The monoisotopic (exact) mass is 480 g/mol. The molecule has 3 aromatic heterocycles. The number of nitrogens with one attached hydrogen (secondary N) is 3. The topological polar surface area (TPSA) is 119 Å². The molecule has 1 saturated heterocycles. The Labute approximate surface area is 204 Å². The van der Waals surface area contributed by atoms with Gasteiger partial charge in [0.25, 0.3) is 0 Å². The zero-order valence-corrected chi connectivity index (χ0v) is 20.3. The molecule has 0 bridgehead atoms. The lowest BCUT2D eigenvalue weighted by atomic mass is 10.1. The van der Waals surface area contributed by atoms with Crippen LogP contribution in [0.5, 0.6) is 5.75 Å². The van der Waals surface area contributed by atoms with E-state index in [0.29, 0.717) is 11.5 Å². The zero-order chi connectivity index (χ0) is 24.8. The van der Waals surface area contributed by atoms with Gasteiger partial charge in [0.15, 0.2) is 5.82 Å². The predicted molar refractivity (Wildman–Crippen MR) is 132 cm³/mol. The van der Waals surface area contributed by atoms with Crippen molar-refractivity contribution in [3.63, 3.8) is 0 Å². The second-order valence-electron chi connectivity index (χ2n) is 9.58. The van der Waals surface area contributed by atoms with Crippen molar-refractivity contribution < 1.29 is 19.1 Å². The second kappa shape index (κ2) is 10.7. The highest BCUT2D eigenvalue weighted by Crippen LogP contribution is 2.25. The molecular weight excluding hydrogens is 448 g/mol. The van der Waals surface area contributed by atoms with Crippen LogP contribution in [0, 0.1) is 0 Å².